The molecule has 5 nitrogen and oxygen atoms in total. The molecule has 134 valence electrons. The molecule has 25 heavy (non-hydrogen) atoms. The van der Waals surface area contributed by atoms with Crippen LogP contribution in [0.1, 0.15) is 24.3 Å². The Balaban J connectivity index is 1.82. The summed E-state index contributed by atoms with van der Waals surface area (Å²) < 4.78 is 13.1. The van der Waals surface area contributed by atoms with Gasteiger partial charge >= 0.3 is 11.8 Å². The fourth-order valence-corrected chi connectivity index (χ4v) is 3.27. The number of anilines is 1. The molecule has 8 heteroatoms. The molecule has 0 unspecified atom stereocenters. The van der Waals surface area contributed by atoms with Crippen molar-refractivity contribution >= 4 is 40.4 Å². The topological polar surface area (TPSA) is 78.4 Å². The second kappa shape index (κ2) is 9.50. The second-order valence-electron chi connectivity index (χ2n) is 5.39. The van der Waals surface area contributed by atoms with E-state index in [-0.39, 0.29) is 23.2 Å². The van der Waals surface area contributed by atoms with E-state index in [1.165, 1.54) is 12.1 Å². The molecule has 0 saturated carbocycles. The van der Waals surface area contributed by atoms with Gasteiger partial charge in [0.1, 0.15) is 5.82 Å². The third-order valence-electron chi connectivity index (χ3n) is 3.65. The van der Waals surface area contributed by atoms with E-state index in [4.69, 9.17) is 16.7 Å². The van der Waals surface area contributed by atoms with Crippen LogP contribution in [0.25, 0.3) is 0 Å². The van der Waals surface area contributed by atoms with Gasteiger partial charge < -0.3 is 15.7 Å². The van der Waals surface area contributed by atoms with Crippen LogP contribution in [0.2, 0.25) is 5.02 Å². The van der Waals surface area contributed by atoms with E-state index in [0.717, 1.165) is 11.6 Å². The van der Waals surface area contributed by atoms with Gasteiger partial charge in [0.15, 0.2) is 0 Å². The van der Waals surface area contributed by atoms with Crippen LogP contribution in [0, 0.1) is 5.82 Å². The molecule has 0 saturated heterocycles. The van der Waals surface area contributed by atoms with Crippen molar-refractivity contribution in [1.29, 1.82) is 0 Å². The Hall–Kier alpha value is -1.96. The van der Waals surface area contributed by atoms with E-state index in [0.29, 0.717) is 19.4 Å². The van der Waals surface area contributed by atoms with Gasteiger partial charge in [-0.05, 0) is 59.3 Å². The Morgan fingerprint density at radius 3 is 2.68 bits per heavy atom. The van der Waals surface area contributed by atoms with Gasteiger partial charge in [-0.2, -0.15) is 11.3 Å². The average molecular weight is 385 g/mol. The molecule has 1 aromatic carbocycles. The highest BCUT2D eigenvalue weighted by atomic mass is 35.5. The van der Waals surface area contributed by atoms with Crippen molar-refractivity contribution in [1.82, 2.24) is 5.32 Å². The zero-order chi connectivity index (χ0) is 18.2. The molecule has 2 rings (SSSR count). The Bertz CT molecular complexity index is 725. The van der Waals surface area contributed by atoms with Crippen molar-refractivity contribution in [3.63, 3.8) is 0 Å². The molecule has 2 amide bonds. The van der Waals surface area contributed by atoms with Crippen LogP contribution in [0.5, 0.6) is 0 Å². The third-order valence-corrected chi connectivity index (χ3v) is 4.65. The summed E-state index contributed by atoms with van der Waals surface area (Å²) in [6, 6.07) is 5.64. The molecule has 0 radical (unpaired) electrons. The fraction of sp³-hybridized carbons (Fsp3) is 0.294. The standard InChI is InChI=1S/C17H18ClFN2O3S/c18-14-9-13(1-2-15(14)19)21-17(24)16(23)20-6-3-11(4-7-22)12-5-8-25-10-12/h1-2,5,8-11,22H,3-4,6-7H2,(H,20,23)(H,21,24)/t11-/m0/s1. The van der Waals surface area contributed by atoms with Gasteiger partial charge in [0.2, 0.25) is 0 Å². The van der Waals surface area contributed by atoms with Crippen molar-refractivity contribution in [2.45, 2.75) is 18.8 Å². The minimum Gasteiger partial charge on any atom is -0.396 e. The molecule has 0 fully saturated rings. The number of aliphatic hydroxyl groups excluding tert-OH is 1. The highest BCUT2D eigenvalue weighted by Gasteiger charge is 2.16. The number of hydrogen-bond donors (Lipinski definition) is 3. The quantitative estimate of drug-likeness (QED) is 0.642. The van der Waals surface area contributed by atoms with Crippen LogP contribution in [0.15, 0.2) is 35.0 Å². The van der Waals surface area contributed by atoms with Crippen LogP contribution in [0.4, 0.5) is 10.1 Å². The minimum atomic E-state index is -0.850. The molecular formula is C17H18ClFN2O3S. The molecule has 0 bridgehead atoms. The Morgan fingerprint density at radius 1 is 1.24 bits per heavy atom. The van der Waals surface area contributed by atoms with E-state index in [2.05, 4.69) is 10.6 Å². The summed E-state index contributed by atoms with van der Waals surface area (Å²) in [5, 5.41) is 17.9. The molecule has 0 aliphatic carbocycles. The molecule has 0 spiro atoms. The van der Waals surface area contributed by atoms with E-state index in [9.17, 15) is 14.0 Å². The Morgan fingerprint density at radius 2 is 2.04 bits per heavy atom. The molecule has 0 aliphatic heterocycles. The van der Waals surface area contributed by atoms with Crippen molar-refractivity contribution in [3.8, 4) is 0 Å². The fourth-order valence-electron chi connectivity index (χ4n) is 2.34. The van der Waals surface area contributed by atoms with Crippen LogP contribution in [0.3, 0.4) is 0 Å². The van der Waals surface area contributed by atoms with E-state index in [1.54, 1.807) is 11.3 Å². The number of rotatable bonds is 7. The first-order valence-corrected chi connectivity index (χ1v) is 9.00. The zero-order valence-corrected chi connectivity index (χ0v) is 14.9. The van der Waals surface area contributed by atoms with Gasteiger partial charge in [0, 0.05) is 18.8 Å². The number of carbonyl (C=O) groups excluding carboxylic acids is 2. The Labute approximate surface area is 153 Å². The monoisotopic (exact) mass is 384 g/mol. The first-order chi connectivity index (χ1) is 12.0. The summed E-state index contributed by atoms with van der Waals surface area (Å²) >= 11 is 7.20. The van der Waals surface area contributed by atoms with Gasteiger partial charge in [-0.1, -0.05) is 11.6 Å². The summed E-state index contributed by atoms with van der Waals surface area (Å²) in [5.41, 5.74) is 1.35. The normalized spacial score (nSPS) is 11.8. The molecule has 3 N–H and O–H groups in total. The van der Waals surface area contributed by atoms with Gasteiger partial charge in [-0.25, -0.2) is 4.39 Å². The summed E-state index contributed by atoms with van der Waals surface area (Å²) in [7, 11) is 0. The summed E-state index contributed by atoms with van der Waals surface area (Å²) in [6.45, 7) is 0.358. The lowest BCUT2D eigenvalue weighted by atomic mass is 9.95. The van der Waals surface area contributed by atoms with Gasteiger partial charge in [-0.15, -0.1) is 0 Å². The predicted octanol–water partition coefficient (Wildman–Crippen LogP) is 3.15. The first kappa shape index (κ1) is 19.4. The predicted molar refractivity (Wildman–Crippen MR) is 96.4 cm³/mol. The van der Waals surface area contributed by atoms with Gasteiger partial charge in [-0.3, -0.25) is 9.59 Å². The maximum absolute atomic E-state index is 13.1. The maximum Gasteiger partial charge on any atom is 0.313 e. The van der Waals surface area contributed by atoms with Crippen molar-refractivity contribution in [2.75, 3.05) is 18.5 Å². The second-order valence-corrected chi connectivity index (χ2v) is 6.58. The van der Waals surface area contributed by atoms with Crippen LogP contribution >= 0.6 is 22.9 Å². The summed E-state index contributed by atoms with van der Waals surface area (Å²) in [5.74, 6) is -2.12. The number of halogens is 2. The number of amides is 2. The lowest BCUT2D eigenvalue weighted by molar-refractivity contribution is -0.136. The first-order valence-electron chi connectivity index (χ1n) is 7.68. The summed E-state index contributed by atoms with van der Waals surface area (Å²) in [4.78, 5) is 23.7. The number of benzene rings is 1. The molecule has 1 aromatic heterocycles. The largest absolute Gasteiger partial charge is 0.396 e. The van der Waals surface area contributed by atoms with Crippen molar-refractivity contribution < 1.29 is 19.1 Å². The Kier molecular flexibility index (Phi) is 7.36. The number of hydrogen-bond acceptors (Lipinski definition) is 4. The average Bonchev–Trinajstić information content (AvgIpc) is 3.11. The van der Waals surface area contributed by atoms with Gasteiger partial charge in [0.25, 0.3) is 0 Å². The van der Waals surface area contributed by atoms with Crippen LogP contribution in [-0.4, -0.2) is 30.1 Å². The lowest BCUT2D eigenvalue weighted by Crippen LogP contribution is -2.36. The van der Waals surface area contributed by atoms with Crippen molar-refractivity contribution in [2.24, 2.45) is 0 Å². The van der Waals surface area contributed by atoms with Crippen LogP contribution < -0.4 is 10.6 Å². The molecule has 0 aliphatic rings. The van der Waals surface area contributed by atoms with E-state index < -0.39 is 17.6 Å². The van der Waals surface area contributed by atoms with Crippen LogP contribution in [-0.2, 0) is 9.59 Å². The van der Waals surface area contributed by atoms with Gasteiger partial charge in [0.05, 0.1) is 5.02 Å². The molecule has 1 heterocycles. The lowest BCUT2D eigenvalue weighted by Gasteiger charge is -2.15. The SMILES string of the molecule is O=C(NCC[C@@H](CCO)c1ccsc1)C(=O)Nc1ccc(F)c(Cl)c1. The molecule has 1 atom stereocenters. The zero-order valence-electron chi connectivity index (χ0n) is 13.3. The minimum absolute atomic E-state index is 0.0558. The smallest absolute Gasteiger partial charge is 0.313 e. The number of thiophene rings is 1. The highest BCUT2D eigenvalue weighted by Crippen LogP contribution is 2.24. The number of nitrogens with one attached hydrogen (secondary N) is 2. The molecular weight excluding hydrogens is 367 g/mol. The third kappa shape index (κ3) is 5.81. The van der Waals surface area contributed by atoms with E-state index in [1.807, 2.05) is 16.8 Å². The summed E-state index contributed by atoms with van der Waals surface area (Å²) in [6.07, 6.45) is 1.20. The van der Waals surface area contributed by atoms with Crippen molar-refractivity contribution in [3.05, 3.63) is 51.4 Å². The highest BCUT2D eigenvalue weighted by molar-refractivity contribution is 7.08. The maximum atomic E-state index is 13.1. The number of aliphatic hydroxyl groups is 1. The molecule has 2 aromatic rings. The number of carbonyl (C=O) groups is 2. The van der Waals surface area contributed by atoms with E-state index >= 15 is 0 Å².